The van der Waals surface area contributed by atoms with Crippen LogP contribution in [0.1, 0.15) is 35.0 Å². The van der Waals surface area contributed by atoms with Gasteiger partial charge in [0.2, 0.25) is 0 Å². The highest BCUT2D eigenvalue weighted by molar-refractivity contribution is 5.70. The van der Waals surface area contributed by atoms with Crippen molar-refractivity contribution in [2.75, 3.05) is 13.2 Å². The molecule has 0 atom stereocenters. The van der Waals surface area contributed by atoms with E-state index in [0.29, 0.717) is 6.61 Å². The van der Waals surface area contributed by atoms with Gasteiger partial charge < -0.3 is 9.47 Å². The lowest BCUT2D eigenvalue weighted by atomic mass is 10.0. The predicted molar refractivity (Wildman–Crippen MR) is 109 cm³/mol. The minimum absolute atomic E-state index is 0.0862. The smallest absolute Gasteiger partial charge is 0.332 e. The molecule has 0 saturated heterocycles. The lowest BCUT2D eigenvalue weighted by Gasteiger charge is -2.18. The first kappa shape index (κ1) is 19.8. The molecule has 0 aliphatic rings. The zero-order chi connectivity index (χ0) is 19.6. The number of rotatable bonds is 9. The first-order chi connectivity index (χ1) is 13.7. The van der Waals surface area contributed by atoms with Gasteiger partial charge in [-0.1, -0.05) is 66.7 Å². The van der Waals surface area contributed by atoms with E-state index in [4.69, 9.17) is 9.47 Å². The van der Waals surface area contributed by atoms with Crippen LogP contribution in [0.4, 0.5) is 0 Å². The SMILES string of the molecule is Cc1cccc(CCCOC(=O)COC(c2ccccc2)c2ccccc2)n1. The van der Waals surface area contributed by atoms with Crippen LogP contribution in [0.5, 0.6) is 0 Å². The van der Waals surface area contributed by atoms with Crippen LogP contribution in [0.25, 0.3) is 0 Å². The third-order valence-electron chi connectivity index (χ3n) is 4.36. The highest BCUT2D eigenvalue weighted by Gasteiger charge is 2.16. The topological polar surface area (TPSA) is 48.4 Å². The fourth-order valence-electron chi connectivity index (χ4n) is 3.01. The minimum atomic E-state index is -0.353. The maximum Gasteiger partial charge on any atom is 0.332 e. The highest BCUT2D eigenvalue weighted by Crippen LogP contribution is 2.25. The van der Waals surface area contributed by atoms with Crippen LogP contribution in [-0.4, -0.2) is 24.2 Å². The number of aromatic nitrogens is 1. The molecule has 0 radical (unpaired) electrons. The summed E-state index contributed by atoms with van der Waals surface area (Å²) in [6.07, 6.45) is 1.22. The molecule has 2 aromatic carbocycles. The van der Waals surface area contributed by atoms with Crippen LogP contribution >= 0.6 is 0 Å². The second-order valence-corrected chi connectivity index (χ2v) is 6.61. The Kier molecular flexibility index (Phi) is 7.33. The molecule has 28 heavy (non-hydrogen) atoms. The van der Waals surface area contributed by atoms with Crippen LogP contribution in [0.2, 0.25) is 0 Å². The van der Waals surface area contributed by atoms with E-state index in [1.165, 1.54) is 0 Å². The van der Waals surface area contributed by atoms with E-state index in [0.717, 1.165) is 35.4 Å². The van der Waals surface area contributed by atoms with Crippen molar-refractivity contribution in [3.63, 3.8) is 0 Å². The van der Waals surface area contributed by atoms with Crippen molar-refractivity contribution in [2.24, 2.45) is 0 Å². The number of hydrogen-bond acceptors (Lipinski definition) is 4. The van der Waals surface area contributed by atoms with Crippen molar-refractivity contribution in [2.45, 2.75) is 25.9 Å². The summed E-state index contributed by atoms with van der Waals surface area (Å²) in [5.74, 6) is -0.353. The van der Waals surface area contributed by atoms with Gasteiger partial charge >= 0.3 is 5.97 Å². The molecule has 1 aromatic heterocycles. The number of carbonyl (C=O) groups excluding carboxylic acids is 1. The van der Waals surface area contributed by atoms with Crippen LogP contribution in [0, 0.1) is 6.92 Å². The summed E-state index contributed by atoms with van der Waals surface area (Å²) in [6.45, 7) is 2.24. The van der Waals surface area contributed by atoms with E-state index in [1.807, 2.05) is 85.8 Å². The summed E-state index contributed by atoms with van der Waals surface area (Å²) >= 11 is 0. The van der Waals surface area contributed by atoms with Gasteiger partial charge in [-0.25, -0.2) is 4.79 Å². The molecule has 0 fully saturated rings. The molecule has 4 nitrogen and oxygen atoms in total. The summed E-state index contributed by atoms with van der Waals surface area (Å²) in [4.78, 5) is 16.6. The molecule has 0 saturated carbocycles. The van der Waals surface area contributed by atoms with E-state index < -0.39 is 0 Å². The number of carbonyl (C=O) groups is 1. The normalized spacial score (nSPS) is 10.8. The second-order valence-electron chi connectivity index (χ2n) is 6.61. The average molecular weight is 375 g/mol. The van der Waals surface area contributed by atoms with Crippen molar-refractivity contribution in [3.05, 3.63) is 101 Å². The van der Waals surface area contributed by atoms with Crippen LogP contribution in [0.15, 0.2) is 78.9 Å². The molecule has 0 bridgehead atoms. The first-order valence-electron chi connectivity index (χ1n) is 9.52. The number of esters is 1. The van der Waals surface area contributed by atoms with Crippen LogP contribution in [0.3, 0.4) is 0 Å². The molecule has 0 aliphatic heterocycles. The second kappa shape index (κ2) is 10.4. The van der Waals surface area contributed by atoms with Gasteiger partial charge in [0.1, 0.15) is 12.7 Å². The molecule has 0 unspecified atom stereocenters. The summed E-state index contributed by atoms with van der Waals surface area (Å²) in [5.41, 5.74) is 4.02. The van der Waals surface area contributed by atoms with Gasteiger partial charge in [0.05, 0.1) is 6.61 Å². The lowest BCUT2D eigenvalue weighted by Crippen LogP contribution is -2.17. The number of aryl methyl sites for hydroxylation is 2. The van der Waals surface area contributed by atoms with Crippen molar-refractivity contribution in [1.82, 2.24) is 4.98 Å². The predicted octanol–water partition coefficient (Wildman–Crippen LogP) is 4.67. The highest BCUT2D eigenvalue weighted by atomic mass is 16.6. The van der Waals surface area contributed by atoms with Gasteiger partial charge in [0.15, 0.2) is 0 Å². The molecule has 144 valence electrons. The quantitative estimate of drug-likeness (QED) is 0.403. The largest absolute Gasteiger partial charge is 0.464 e. The molecule has 0 amide bonds. The Labute approximate surface area is 166 Å². The Morgan fingerprint density at radius 1 is 0.893 bits per heavy atom. The summed E-state index contributed by atoms with van der Waals surface area (Å²) in [7, 11) is 0. The fourth-order valence-corrected chi connectivity index (χ4v) is 3.01. The molecule has 3 rings (SSSR count). The molecule has 0 N–H and O–H groups in total. The summed E-state index contributed by atoms with van der Waals surface area (Å²) in [6, 6.07) is 25.7. The zero-order valence-electron chi connectivity index (χ0n) is 16.1. The molecule has 4 heteroatoms. The monoisotopic (exact) mass is 375 g/mol. The maximum absolute atomic E-state index is 12.1. The van der Waals surface area contributed by atoms with Crippen molar-refractivity contribution in [1.29, 1.82) is 0 Å². The maximum atomic E-state index is 12.1. The van der Waals surface area contributed by atoms with Gasteiger partial charge in [-0.15, -0.1) is 0 Å². The lowest BCUT2D eigenvalue weighted by molar-refractivity contribution is -0.150. The Morgan fingerprint density at radius 2 is 1.54 bits per heavy atom. The van der Waals surface area contributed by atoms with E-state index in [1.54, 1.807) is 0 Å². The van der Waals surface area contributed by atoms with Crippen molar-refractivity contribution >= 4 is 5.97 Å². The Morgan fingerprint density at radius 3 is 2.14 bits per heavy atom. The molecule has 0 spiro atoms. The van der Waals surface area contributed by atoms with Crippen molar-refractivity contribution in [3.8, 4) is 0 Å². The van der Waals surface area contributed by atoms with E-state index in [2.05, 4.69) is 4.98 Å². The van der Waals surface area contributed by atoms with Crippen molar-refractivity contribution < 1.29 is 14.3 Å². The number of pyridine rings is 1. The fraction of sp³-hybridized carbons (Fsp3) is 0.250. The average Bonchev–Trinajstić information content (AvgIpc) is 2.73. The van der Waals surface area contributed by atoms with Crippen LogP contribution in [-0.2, 0) is 20.7 Å². The van der Waals surface area contributed by atoms with E-state index in [-0.39, 0.29) is 18.7 Å². The van der Waals surface area contributed by atoms with Gasteiger partial charge in [0, 0.05) is 11.4 Å². The Bertz CT molecular complexity index is 826. The number of ether oxygens (including phenoxy) is 2. The zero-order valence-corrected chi connectivity index (χ0v) is 16.1. The summed E-state index contributed by atoms with van der Waals surface area (Å²) in [5, 5.41) is 0. The van der Waals surface area contributed by atoms with Gasteiger partial charge in [-0.2, -0.15) is 0 Å². The molecule has 3 aromatic rings. The number of benzene rings is 2. The first-order valence-corrected chi connectivity index (χ1v) is 9.52. The molecular formula is C24H25NO3. The van der Waals surface area contributed by atoms with Gasteiger partial charge in [-0.3, -0.25) is 4.98 Å². The molecular weight excluding hydrogens is 350 g/mol. The molecule has 1 heterocycles. The standard InChI is InChI=1S/C24H25NO3/c1-19-10-8-15-22(25-19)16-9-17-27-23(26)18-28-24(20-11-4-2-5-12-20)21-13-6-3-7-14-21/h2-8,10-15,24H,9,16-18H2,1H3. The third kappa shape index (κ3) is 6.03. The van der Waals surface area contributed by atoms with E-state index >= 15 is 0 Å². The third-order valence-corrected chi connectivity index (χ3v) is 4.36. The number of nitrogens with zero attached hydrogens (tertiary/aromatic N) is 1. The van der Waals surface area contributed by atoms with E-state index in [9.17, 15) is 4.79 Å². The molecule has 0 aliphatic carbocycles. The van der Waals surface area contributed by atoms with Crippen LogP contribution < -0.4 is 0 Å². The minimum Gasteiger partial charge on any atom is -0.464 e. The summed E-state index contributed by atoms with van der Waals surface area (Å²) < 4.78 is 11.2. The Hall–Kier alpha value is -2.98. The van der Waals surface area contributed by atoms with Gasteiger partial charge in [0.25, 0.3) is 0 Å². The van der Waals surface area contributed by atoms with Gasteiger partial charge in [-0.05, 0) is 43.0 Å². The number of hydrogen-bond donors (Lipinski definition) is 0. The Balaban J connectivity index is 1.48.